The minimum Gasteiger partial charge on any atom is -0.496 e. The lowest BCUT2D eigenvalue weighted by atomic mass is 10.1. The highest BCUT2D eigenvalue weighted by Gasteiger charge is 2.27. The van der Waals surface area contributed by atoms with Gasteiger partial charge in [0.1, 0.15) is 5.75 Å². The van der Waals surface area contributed by atoms with Crippen LogP contribution < -0.4 is 20.1 Å². The Bertz CT molecular complexity index is 990. The molecule has 0 spiro atoms. The SMILES string of the molecule is CCNC(=NCc1ccc(S(=O)(=O)NC2CC2)cc1)NCc1ccc(C)cc1OC.I. The van der Waals surface area contributed by atoms with Gasteiger partial charge in [-0.2, -0.15) is 0 Å². The highest BCUT2D eigenvalue weighted by Crippen LogP contribution is 2.22. The smallest absolute Gasteiger partial charge is 0.240 e. The number of rotatable bonds is 9. The maximum absolute atomic E-state index is 12.3. The molecule has 170 valence electrons. The van der Waals surface area contributed by atoms with Crippen molar-refractivity contribution in [2.45, 2.75) is 50.7 Å². The van der Waals surface area contributed by atoms with Gasteiger partial charge in [-0.15, -0.1) is 24.0 Å². The predicted octanol–water partition coefficient (Wildman–Crippen LogP) is 3.32. The molecule has 0 radical (unpaired) electrons. The number of methoxy groups -OCH3 is 1. The number of guanidine groups is 1. The molecule has 2 aromatic carbocycles. The lowest BCUT2D eigenvalue weighted by molar-refractivity contribution is 0.408. The van der Waals surface area contributed by atoms with E-state index in [2.05, 4.69) is 26.4 Å². The average Bonchev–Trinajstić information content (AvgIpc) is 3.54. The number of aryl methyl sites for hydroxylation is 1. The molecule has 1 saturated carbocycles. The second-order valence-corrected chi connectivity index (χ2v) is 9.12. The molecule has 0 saturated heterocycles. The van der Waals surface area contributed by atoms with Crippen LogP contribution in [-0.4, -0.2) is 34.1 Å². The van der Waals surface area contributed by atoms with Gasteiger partial charge in [-0.25, -0.2) is 18.1 Å². The zero-order chi connectivity index (χ0) is 21.6. The van der Waals surface area contributed by atoms with Crippen LogP contribution >= 0.6 is 24.0 Å². The van der Waals surface area contributed by atoms with Crippen molar-refractivity contribution in [3.63, 3.8) is 0 Å². The van der Waals surface area contributed by atoms with Gasteiger partial charge in [-0.1, -0.05) is 24.3 Å². The lowest BCUT2D eigenvalue weighted by Gasteiger charge is -2.14. The molecule has 0 aliphatic heterocycles. The molecule has 31 heavy (non-hydrogen) atoms. The van der Waals surface area contributed by atoms with Gasteiger partial charge in [0.25, 0.3) is 0 Å². The van der Waals surface area contributed by atoms with Crippen molar-refractivity contribution >= 4 is 40.0 Å². The molecule has 0 heterocycles. The molecule has 1 fully saturated rings. The zero-order valence-corrected chi connectivity index (χ0v) is 21.3. The van der Waals surface area contributed by atoms with Gasteiger partial charge in [-0.3, -0.25) is 0 Å². The molecule has 0 amide bonds. The molecular formula is C22H31IN4O3S. The van der Waals surface area contributed by atoms with E-state index < -0.39 is 10.0 Å². The molecule has 0 bridgehead atoms. The van der Waals surface area contributed by atoms with Crippen molar-refractivity contribution in [1.82, 2.24) is 15.4 Å². The first-order valence-electron chi connectivity index (χ1n) is 10.2. The topological polar surface area (TPSA) is 91.8 Å². The fourth-order valence-corrected chi connectivity index (χ4v) is 4.26. The number of ether oxygens (including phenoxy) is 1. The molecule has 3 rings (SSSR count). The maximum atomic E-state index is 12.3. The van der Waals surface area contributed by atoms with Crippen molar-refractivity contribution in [3.8, 4) is 5.75 Å². The van der Waals surface area contributed by atoms with Crippen LogP contribution in [0.5, 0.6) is 5.75 Å². The molecule has 9 heteroatoms. The van der Waals surface area contributed by atoms with E-state index >= 15 is 0 Å². The van der Waals surface area contributed by atoms with Gasteiger partial charge in [0.05, 0.1) is 18.6 Å². The first-order chi connectivity index (χ1) is 14.4. The van der Waals surface area contributed by atoms with Crippen LogP contribution in [0.4, 0.5) is 0 Å². The fourth-order valence-electron chi connectivity index (χ4n) is 2.95. The summed E-state index contributed by atoms with van der Waals surface area (Å²) in [4.78, 5) is 4.90. The monoisotopic (exact) mass is 558 g/mol. The summed E-state index contributed by atoms with van der Waals surface area (Å²) in [6.45, 7) is 5.80. The van der Waals surface area contributed by atoms with Crippen molar-refractivity contribution in [2.24, 2.45) is 4.99 Å². The highest BCUT2D eigenvalue weighted by molar-refractivity contribution is 14.0. The molecule has 0 atom stereocenters. The molecule has 1 aliphatic carbocycles. The third kappa shape index (κ3) is 7.65. The minimum absolute atomic E-state index is 0. The molecule has 3 N–H and O–H groups in total. The Morgan fingerprint density at radius 1 is 1.13 bits per heavy atom. The van der Waals surface area contributed by atoms with E-state index in [1.807, 2.05) is 26.0 Å². The van der Waals surface area contributed by atoms with E-state index in [1.165, 1.54) is 0 Å². The van der Waals surface area contributed by atoms with Crippen LogP contribution in [0.1, 0.15) is 36.5 Å². The van der Waals surface area contributed by atoms with E-state index in [0.29, 0.717) is 23.9 Å². The Balaban J connectivity index is 0.00000341. The normalized spacial score (nSPS) is 14.0. The Kier molecular flexibility index (Phi) is 9.57. The molecule has 2 aromatic rings. The minimum atomic E-state index is -3.43. The van der Waals surface area contributed by atoms with Gasteiger partial charge in [-0.05, 0) is 56.0 Å². The van der Waals surface area contributed by atoms with Gasteiger partial charge in [0.15, 0.2) is 5.96 Å². The van der Waals surface area contributed by atoms with Crippen molar-refractivity contribution in [3.05, 3.63) is 59.2 Å². The summed E-state index contributed by atoms with van der Waals surface area (Å²) in [6, 6.07) is 13.1. The third-order valence-corrected chi connectivity index (χ3v) is 6.32. The molecule has 0 unspecified atom stereocenters. The summed E-state index contributed by atoms with van der Waals surface area (Å²) < 4.78 is 32.7. The number of nitrogens with one attached hydrogen (secondary N) is 3. The first kappa shape index (κ1) is 25.4. The quantitative estimate of drug-likeness (QED) is 0.250. The number of halogens is 1. The Hall–Kier alpha value is -1.85. The second-order valence-electron chi connectivity index (χ2n) is 7.40. The van der Waals surface area contributed by atoms with Crippen molar-refractivity contribution in [1.29, 1.82) is 0 Å². The van der Waals surface area contributed by atoms with Crippen LogP contribution in [0.2, 0.25) is 0 Å². The average molecular weight is 558 g/mol. The lowest BCUT2D eigenvalue weighted by Crippen LogP contribution is -2.36. The highest BCUT2D eigenvalue weighted by atomic mass is 127. The summed E-state index contributed by atoms with van der Waals surface area (Å²) in [7, 11) is -1.76. The Labute approximate surface area is 202 Å². The maximum Gasteiger partial charge on any atom is 0.240 e. The molecule has 0 aromatic heterocycles. The van der Waals surface area contributed by atoms with Gasteiger partial charge in [0, 0.05) is 24.7 Å². The number of aliphatic imine (C=N–C) groups is 1. The summed E-state index contributed by atoms with van der Waals surface area (Å²) in [5.41, 5.74) is 3.13. The molecule has 7 nitrogen and oxygen atoms in total. The number of sulfonamides is 1. The van der Waals surface area contributed by atoms with Crippen LogP contribution in [0.15, 0.2) is 52.4 Å². The fraction of sp³-hybridized carbons (Fsp3) is 0.409. The van der Waals surface area contributed by atoms with E-state index in [-0.39, 0.29) is 30.0 Å². The van der Waals surface area contributed by atoms with E-state index in [0.717, 1.165) is 41.8 Å². The van der Waals surface area contributed by atoms with Gasteiger partial charge in [0.2, 0.25) is 10.0 Å². The van der Waals surface area contributed by atoms with Crippen molar-refractivity contribution < 1.29 is 13.2 Å². The zero-order valence-electron chi connectivity index (χ0n) is 18.1. The summed E-state index contributed by atoms with van der Waals surface area (Å²) in [5, 5.41) is 6.55. The summed E-state index contributed by atoms with van der Waals surface area (Å²) in [5.74, 6) is 1.53. The third-order valence-electron chi connectivity index (χ3n) is 4.79. The van der Waals surface area contributed by atoms with Crippen LogP contribution in [0.3, 0.4) is 0 Å². The van der Waals surface area contributed by atoms with E-state index in [1.54, 1.807) is 31.4 Å². The molecule has 1 aliphatic rings. The van der Waals surface area contributed by atoms with Crippen LogP contribution in [-0.2, 0) is 23.1 Å². The Morgan fingerprint density at radius 2 is 1.84 bits per heavy atom. The van der Waals surface area contributed by atoms with Gasteiger partial charge < -0.3 is 15.4 Å². The second kappa shape index (κ2) is 11.7. The van der Waals surface area contributed by atoms with Gasteiger partial charge >= 0.3 is 0 Å². The summed E-state index contributed by atoms with van der Waals surface area (Å²) >= 11 is 0. The predicted molar refractivity (Wildman–Crippen MR) is 135 cm³/mol. The number of nitrogens with zero attached hydrogens (tertiary/aromatic N) is 1. The summed E-state index contributed by atoms with van der Waals surface area (Å²) in [6.07, 6.45) is 1.83. The van der Waals surface area contributed by atoms with E-state index in [4.69, 9.17) is 4.74 Å². The van der Waals surface area contributed by atoms with Crippen molar-refractivity contribution in [2.75, 3.05) is 13.7 Å². The van der Waals surface area contributed by atoms with E-state index in [9.17, 15) is 8.42 Å². The number of hydrogen-bond donors (Lipinski definition) is 3. The standard InChI is InChI=1S/C22H30N4O3S.HI/c1-4-23-22(25-15-18-8-5-16(2)13-21(18)29-3)24-14-17-6-11-20(12-7-17)30(27,28)26-19-9-10-19;/h5-8,11-13,19,26H,4,9-10,14-15H2,1-3H3,(H2,23,24,25);1H. The Morgan fingerprint density at radius 3 is 2.45 bits per heavy atom. The molecular weight excluding hydrogens is 527 g/mol. The first-order valence-corrected chi connectivity index (χ1v) is 11.7. The largest absolute Gasteiger partial charge is 0.496 e. The number of benzene rings is 2. The van der Waals surface area contributed by atoms with Crippen LogP contribution in [0.25, 0.3) is 0 Å². The van der Waals surface area contributed by atoms with Crippen LogP contribution in [0, 0.1) is 6.92 Å². The number of hydrogen-bond acceptors (Lipinski definition) is 4.